The molecule has 0 fully saturated rings. The van der Waals surface area contributed by atoms with E-state index in [2.05, 4.69) is 0 Å². The topological polar surface area (TPSA) is 18.5 Å². The minimum atomic E-state index is -5.50. The third-order valence-electron chi connectivity index (χ3n) is 1.81. The predicted molar refractivity (Wildman–Crippen MR) is 50.8 cm³/mol. The molecular formula is C8H15F5O2Si. The second kappa shape index (κ2) is 6.50. The molecule has 0 aliphatic carbocycles. The van der Waals surface area contributed by atoms with Gasteiger partial charge in [0.15, 0.2) is 0 Å². The van der Waals surface area contributed by atoms with Gasteiger partial charge in [-0.15, -0.1) is 0 Å². The Balaban J connectivity index is 4.18. The fourth-order valence-electron chi connectivity index (χ4n) is 1.03. The van der Waals surface area contributed by atoms with E-state index in [1.54, 1.807) is 13.8 Å². The van der Waals surface area contributed by atoms with Crippen LogP contribution >= 0.6 is 0 Å². The molecule has 0 atom stereocenters. The van der Waals surface area contributed by atoms with E-state index in [1.165, 1.54) is 0 Å². The van der Waals surface area contributed by atoms with Crippen LogP contribution in [0.5, 0.6) is 0 Å². The van der Waals surface area contributed by atoms with Crippen molar-refractivity contribution in [3.05, 3.63) is 0 Å². The number of hydrogen-bond acceptors (Lipinski definition) is 2. The summed E-state index contributed by atoms with van der Waals surface area (Å²) in [5, 5.41) is 0. The lowest BCUT2D eigenvalue weighted by atomic mass is 10.2. The van der Waals surface area contributed by atoms with Gasteiger partial charge in [0.25, 0.3) is 0 Å². The summed E-state index contributed by atoms with van der Waals surface area (Å²) in [6.07, 6.45) is -6.77. The normalized spacial score (nSPS) is 13.5. The second-order valence-electron chi connectivity index (χ2n) is 3.08. The molecule has 8 heteroatoms. The van der Waals surface area contributed by atoms with Gasteiger partial charge in [-0.2, -0.15) is 22.0 Å². The molecule has 0 aromatic rings. The van der Waals surface area contributed by atoms with Gasteiger partial charge < -0.3 is 8.85 Å². The molecule has 0 saturated heterocycles. The smallest absolute Gasteiger partial charge is 0.397 e. The van der Waals surface area contributed by atoms with Crippen molar-refractivity contribution in [3.8, 4) is 0 Å². The summed E-state index contributed by atoms with van der Waals surface area (Å²) >= 11 is 0. The molecule has 0 aliphatic rings. The molecule has 2 nitrogen and oxygen atoms in total. The highest BCUT2D eigenvalue weighted by atomic mass is 28.3. The summed E-state index contributed by atoms with van der Waals surface area (Å²) in [4.78, 5) is 0. The van der Waals surface area contributed by atoms with E-state index in [0.29, 0.717) is 0 Å². The first-order valence-corrected chi connectivity index (χ1v) is 6.68. The molecule has 0 aromatic heterocycles. The van der Waals surface area contributed by atoms with Gasteiger partial charge in [0.2, 0.25) is 0 Å². The summed E-state index contributed by atoms with van der Waals surface area (Å²) in [7, 11) is -2.39. The van der Waals surface area contributed by atoms with Crippen LogP contribution in [0.25, 0.3) is 0 Å². The van der Waals surface area contributed by atoms with E-state index in [0.717, 1.165) is 0 Å². The van der Waals surface area contributed by atoms with E-state index in [4.69, 9.17) is 8.85 Å². The Bertz CT molecular complexity index is 191. The van der Waals surface area contributed by atoms with Crippen LogP contribution in [0.2, 0.25) is 6.04 Å². The summed E-state index contributed by atoms with van der Waals surface area (Å²) < 4.78 is 70.6. The van der Waals surface area contributed by atoms with Crippen molar-refractivity contribution < 1.29 is 30.8 Å². The zero-order chi connectivity index (χ0) is 12.8. The lowest BCUT2D eigenvalue weighted by Gasteiger charge is -2.21. The highest BCUT2D eigenvalue weighted by Gasteiger charge is 2.56. The summed E-state index contributed by atoms with van der Waals surface area (Å²) in [6.45, 7) is 3.80. The Morgan fingerprint density at radius 2 is 1.38 bits per heavy atom. The largest absolute Gasteiger partial charge is 0.453 e. The lowest BCUT2D eigenvalue weighted by Crippen LogP contribution is -2.38. The molecule has 0 aliphatic heterocycles. The third kappa shape index (κ3) is 5.22. The van der Waals surface area contributed by atoms with E-state index < -0.39 is 27.8 Å². The number of rotatable bonds is 7. The Kier molecular flexibility index (Phi) is 6.42. The van der Waals surface area contributed by atoms with Gasteiger partial charge in [0, 0.05) is 19.6 Å². The Morgan fingerprint density at radius 3 is 1.69 bits per heavy atom. The van der Waals surface area contributed by atoms with Crippen LogP contribution in [0.3, 0.4) is 0 Å². The molecule has 0 unspecified atom stereocenters. The monoisotopic (exact) mass is 266 g/mol. The molecule has 0 rings (SSSR count). The number of halogens is 5. The van der Waals surface area contributed by atoms with Gasteiger partial charge in [-0.05, 0) is 19.9 Å². The van der Waals surface area contributed by atoms with Gasteiger partial charge in [-0.3, -0.25) is 0 Å². The first kappa shape index (κ1) is 15.8. The molecule has 0 saturated carbocycles. The van der Waals surface area contributed by atoms with Crippen LogP contribution in [-0.4, -0.2) is 34.6 Å². The van der Waals surface area contributed by atoms with Gasteiger partial charge >= 0.3 is 21.4 Å². The minimum absolute atomic E-state index is 0.258. The molecule has 98 valence electrons. The Labute approximate surface area is 92.6 Å². The van der Waals surface area contributed by atoms with Crippen LogP contribution < -0.4 is 0 Å². The van der Waals surface area contributed by atoms with Gasteiger partial charge in [0.1, 0.15) is 0 Å². The van der Waals surface area contributed by atoms with Gasteiger partial charge in [-0.1, -0.05) is 0 Å². The van der Waals surface area contributed by atoms with Crippen molar-refractivity contribution >= 4 is 9.28 Å². The molecule has 0 bridgehead atoms. The summed E-state index contributed by atoms with van der Waals surface area (Å²) in [6, 6.07) is -0.353. The average Bonchev–Trinajstić information content (AvgIpc) is 2.13. The number of hydrogen-bond donors (Lipinski definition) is 0. The fraction of sp³-hybridized carbons (Fsp3) is 1.00. The van der Waals surface area contributed by atoms with Crippen molar-refractivity contribution in [1.82, 2.24) is 0 Å². The van der Waals surface area contributed by atoms with Crippen LogP contribution in [0.15, 0.2) is 0 Å². The van der Waals surface area contributed by atoms with E-state index in [-0.39, 0.29) is 19.3 Å². The van der Waals surface area contributed by atoms with E-state index in [9.17, 15) is 22.0 Å². The molecule has 0 aromatic carbocycles. The van der Waals surface area contributed by atoms with Crippen molar-refractivity contribution in [2.75, 3.05) is 13.2 Å². The third-order valence-corrected chi connectivity index (χ3v) is 3.98. The first-order valence-electron chi connectivity index (χ1n) is 4.92. The molecule has 0 N–H and O–H groups in total. The summed E-state index contributed by atoms with van der Waals surface area (Å²) in [5.74, 6) is -4.66. The SMILES string of the molecule is CCO[SiH](CCC(F)(F)C(F)(F)F)OCC. The van der Waals surface area contributed by atoms with Gasteiger partial charge in [0.05, 0.1) is 0 Å². The van der Waals surface area contributed by atoms with Crippen molar-refractivity contribution in [2.24, 2.45) is 0 Å². The van der Waals surface area contributed by atoms with Crippen LogP contribution in [0.1, 0.15) is 20.3 Å². The number of alkyl halides is 5. The highest BCUT2D eigenvalue weighted by molar-refractivity contribution is 6.44. The Morgan fingerprint density at radius 1 is 0.938 bits per heavy atom. The second-order valence-corrected chi connectivity index (χ2v) is 5.18. The molecule has 0 heterocycles. The highest BCUT2D eigenvalue weighted by Crippen LogP contribution is 2.39. The molecule has 0 spiro atoms. The van der Waals surface area contributed by atoms with Crippen LogP contribution in [0.4, 0.5) is 22.0 Å². The zero-order valence-electron chi connectivity index (χ0n) is 9.11. The molecule has 0 radical (unpaired) electrons. The molecule has 0 amide bonds. The lowest BCUT2D eigenvalue weighted by molar-refractivity contribution is -0.282. The predicted octanol–water partition coefficient (Wildman–Crippen LogP) is 2.87. The van der Waals surface area contributed by atoms with E-state index >= 15 is 0 Å². The maximum absolute atomic E-state index is 12.6. The first-order chi connectivity index (χ1) is 7.24. The average molecular weight is 266 g/mol. The zero-order valence-corrected chi connectivity index (χ0v) is 10.3. The summed E-state index contributed by atoms with van der Waals surface area (Å²) in [5.41, 5.74) is 0. The van der Waals surface area contributed by atoms with Crippen molar-refractivity contribution in [1.29, 1.82) is 0 Å². The Hall–Kier alpha value is -0.213. The van der Waals surface area contributed by atoms with Crippen LogP contribution in [0, 0.1) is 0 Å². The van der Waals surface area contributed by atoms with E-state index in [1.807, 2.05) is 0 Å². The molecule has 16 heavy (non-hydrogen) atoms. The fourth-order valence-corrected chi connectivity index (χ4v) is 2.80. The van der Waals surface area contributed by atoms with Crippen molar-refractivity contribution in [2.45, 2.75) is 38.4 Å². The minimum Gasteiger partial charge on any atom is -0.397 e. The standard InChI is InChI=1S/C8H15F5O2Si/c1-3-14-16(15-4-2)6-5-7(9,10)8(11,12)13/h16H,3-6H2,1-2H3. The van der Waals surface area contributed by atoms with Crippen molar-refractivity contribution in [3.63, 3.8) is 0 Å². The molecular weight excluding hydrogens is 251 g/mol. The van der Waals surface area contributed by atoms with Gasteiger partial charge in [-0.25, -0.2) is 0 Å². The quantitative estimate of drug-likeness (QED) is 0.521. The van der Waals surface area contributed by atoms with Crippen LogP contribution in [-0.2, 0) is 8.85 Å². The maximum Gasteiger partial charge on any atom is 0.453 e. The maximum atomic E-state index is 12.6.